The lowest BCUT2D eigenvalue weighted by Crippen LogP contribution is -2.42. The normalized spacial score (nSPS) is 21.6. The maximum absolute atomic E-state index is 12.3. The van der Waals surface area contributed by atoms with Crippen LogP contribution in [0, 0.1) is 0 Å². The van der Waals surface area contributed by atoms with Crippen molar-refractivity contribution in [1.29, 1.82) is 0 Å². The Balaban J connectivity index is 0.00000300. The van der Waals surface area contributed by atoms with E-state index in [9.17, 15) is 4.79 Å². The van der Waals surface area contributed by atoms with Crippen LogP contribution in [0.15, 0.2) is 29.3 Å². The number of carbonyl (C=O) groups is 1. The SMILES string of the molecule is CCNC(=NCc1cccc(NC(=O)N2CCCC2)c1)NC1CCC(SC)C1.I. The first-order chi connectivity index (χ1) is 13.7. The highest BCUT2D eigenvalue weighted by Gasteiger charge is 2.24. The van der Waals surface area contributed by atoms with E-state index in [1.54, 1.807) is 0 Å². The summed E-state index contributed by atoms with van der Waals surface area (Å²) in [6.45, 7) is 5.22. The van der Waals surface area contributed by atoms with Gasteiger partial charge >= 0.3 is 6.03 Å². The lowest BCUT2D eigenvalue weighted by Gasteiger charge is -2.17. The molecule has 1 aromatic carbocycles. The van der Waals surface area contributed by atoms with Crippen LogP contribution in [0.4, 0.5) is 10.5 Å². The molecule has 1 aliphatic carbocycles. The molecule has 2 unspecified atom stereocenters. The number of halogens is 1. The van der Waals surface area contributed by atoms with Gasteiger partial charge in [0.1, 0.15) is 0 Å². The first kappa shape index (κ1) is 24.1. The van der Waals surface area contributed by atoms with Crippen LogP contribution in [0.5, 0.6) is 0 Å². The number of thioether (sulfide) groups is 1. The highest BCUT2D eigenvalue weighted by atomic mass is 127. The van der Waals surface area contributed by atoms with E-state index in [0.717, 1.165) is 54.9 Å². The van der Waals surface area contributed by atoms with Crippen LogP contribution in [0.1, 0.15) is 44.6 Å². The average molecular weight is 532 g/mol. The molecule has 3 N–H and O–H groups in total. The van der Waals surface area contributed by atoms with Gasteiger partial charge in [-0.3, -0.25) is 0 Å². The quantitative estimate of drug-likeness (QED) is 0.292. The number of amides is 2. The smallest absolute Gasteiger partial charge is 0.321 e. The van der Waals surface area contributed by atoms with Gasteiger partial charge in [-0.1, -0.05) is 12.1 Å². The van der Waals surface area contributed by atoms with E-state index in [4.69, 9.17) is 4.99 Å². The summed E-state index contributed by atoms with van der Waals surface area (Å²) in [5, 5.41) is 10.7. The van der Waals surface area contributed by atoms with E-state index in [1.165, 1.54) is 19.3 Å². The topological polar surface area (TPSA) is 68.8 Å². The van der Waals surface area contributed by atoms with Crippen molar-refractivity contribution in [2.45, 2.75) is 56.9 Å². The third-order valence-electron chi connectivity index (χ3n) is 5.39. The summed E-state index contributed by atoms with van der Waals surface area (Å²) >= 11 is 1.96. The molecule has 1 saturated heterocycles. The standard InChI is InChI=1S/C21H33N5OS.HI/c1-3-22-20(24-18-9-10-19(14-18)28-2)23-15-16-7-6-8-17(13-16)25-21(27)26-11-4-5-12-26;/h6-8,13,18-19H,3-5,9-12,14-15H2,1-2H3,(H,25,27)(H2,22,23,24);1H. The molecule has 1 aliphatic heterocycles. The van der Waals surface area contributed by atoms with Crippen molar-refractivity contribution >= 4 is 53.4 Å². The second kappa shape index (κ2) is 12.5. The van der Waals surface area contributed by atoms with Crippen molar-refractivity contribution in [2.75, 3.05) is 31.2 Å². The zero-order chi connectivity index (χ0) is 19.8. The number of nitrogens with zero attached hydrogens (tertiary/aromatic N) is 2. The van der Waals surface area contributed by atoms with Gasteiger partial charge in [0.2, 0.25) is 0 Å². The van der Waals surface area contributed by atoms with Crippen molar-refractivity contribution in [1.82, 2.24) is 15.5 Å². The Hall–Kier alpha value is -1.16. The maximum Gasteiger partial charge on any atom is 0.321 e. The molecule has 0 aromatic heterocycles. The Morgan fingerprint density at radius 2 is 2.07 bits per heavy atom. The van der Waals surface area contributed by atoms with Crippen molar-refractivity contribution < 1.29 is 4.79 Å². The predicted octanol–water partition coefficient (Wildman–Crippen LogP) is 4.27. The Morgan fingerprint density at radius 1 is 1.28 bits per heavy atom. The summed E-state index contributed by atoms with van der Waals surface area (Å²) in [6.07, 6.45) is 8.07. The molecular formula is C21H34IN5OS. The van der Waals surface area contributed by atoms with Crippen LogP contribution in [0.2, 0.25) is 0 Å². The number of benzene rings is 1. The van der Waals surface area contributed by atoms with Crippen LogP contribution in [-0.2, 0) is 6.54 Å². The van der Waals surface area contributed by atoms with E-state index in [0.29, 0.717) is 12.6 Å². The number of anilines is 1. The molecule has 6 nitrogen and oxygen atoms in total. The molecule has 2 fully saturated rings. The predicted molar refractivity (Wildman–Crippen MR) is 135 cm³/mol. The monoisotopic (exact) mass is 531 g/mol. The van der Waals surface area contributed by atoms with E-state index in [-0.39, 0.29) is 30.0 Å². The van der Waals surface area contributed by atoms with Gasteiger partial charge in [-0.15, -0.1) is 24.0 Å². The van der Waals surface area contributed by atoms with Crippen LogP contribution in [-0.4, -0.2) is 54.1 Å². The first-order valence-electron chi connectivity index (χ1n) is 10.4. The number of urea groups is 1. The number of aliphatic imine (C=N–C) groups is 1. The third-order valence-corrected chi connectivity index (χ3v) is 6.49. The van der Waals surface area contributed by atoms with E-state index < -0.39 is 0 Å². The van der Waals surface area contributed by atoms with Gasteiger partial charge in [-0.25, -0.2) is 9.79 Å². The largest absolute Gasteiger partial charge is 0.357 e. The number of hydrogen-bond acceptors (Lipinski definition) is 3. The summed E-state index contributed by atoms with van der Waals surface area (Å²) in [4.78, 5) is 18.9. The second-order valence-electron chi connectivity index (χ2n) is 7.53. The molecule has 2 atom stereocenters. The number of guanidine groups is 1. The Kier molecular flexibility index (Phi) is 10.4. The number of hydrogen-bond donors (Lipinski definition) is 3. The van der Waals surface area contributed by atoms with Crippen LogP contribution in [0.25, 0.3) is 0 Å². The molecule has 2 amide bonds. The Labute approximate surface area is 196 Å². The van der Waals surface area contributed by atoms with Crippen molar-refractivity contribution in [3.63, 3.8) is 0 Å². The summed E-state index contributed by atoms with van der Waals surface area (Å²) in [7, 11) is 0. The maximum atomic E-state index is 12.3. The van der Waals surface area contributed by atoms with Gasteiger partial charge in [0.05, 0.1) is 6.54 Å². The first-order valence-corrected chi connectivity index (χ1v) is 11.7. The fourth-order valence-electron chi connectivity index (χ4n) is 3.84. The van der Waals surface area contributed by atoms with E-state index in [2.05, 4.69) is 35.2 Å². The van der Waals surface area contributed by atoms with Gasteiger partial charge in [0, 0.05) is 36.6 Å². The minimum atomic E-state index is -0.00209. The van der Waals surface area contributed by atoms with Gasteiger partial charge in [0.25, 0.3) is 0 Å². The Bertz CT molecular complexity index is 681. The van der Waals surface area contributed by atoms with Gasteiger partial charge in [-0.05, 0) is 63.0 Å². The molecule has 1 heterocycles. The van der Waals surface area contributed by atoms with Gasteiger partial charge < -0.3 is 20.9 Å². The fraction of sp³-hybridized carbons (Fsp3) is 0.619. The molecule has 2 aliphatic rings. The number of likely N-dealkylation sites (tertiary alicyclic amines) is 1. The fourth-order valence-corrected chi connectivity index (χ4v) is 4.64. The highest BCUT2D eigenvalue weighted by molar-refractivity contribution is 14.0. The molecule has 0 radical (unpaired) electrons. The van der Waals surface area contributed by atoms with Crippen LogP contribution in [0.3, 0.4) is 0 Å². The highest BCUT2D eigenvalue weighted by Crippen LogP contribution is 2.28. The molecule has 1 aromatic rings. The molecular weight excluding hydrogens is 497 g/mol. The molecule has 0 spiro atoms. The van der Waals surface area contributed by atoms with E-state index >= 15 is 0 Å². The summed E-state index contributed by atoms with van der Waals surface area (Å²) in [5.74, 6) is 0.876. The molecule has 0 bridgehead atoms. The number of carbonyl (C=O) groups excluding carboxylic acids is 1. The second-order valence-corrected chi connectivity index (χ2v) is 8.67. The number of nitrogens with one attached hydrogen (secondary N) is 3. The molecule has 29 heavy (non-hydrogen) atoms. The summed E-state index contributed by atoms with van der Waals surface area (Å²) in [5.41, 5.74) is 1.92. The Morgan fingerprint density at radius 3 is 2.76 bits per heavy atom. The average Bonchev–Trinajstić information content (AvgIpc) is 3.38. The van der Waals surface area contributed by atoms with Crippen molar-refractivity contribution in [2.24, 2.45) is 4.99 Å². The lowest BCUT2D eigenvalue weighted by atomic mass is 10.2. The third kappa shape index (κ3) is 7.55. The summed E-state index contributed by atoms with van der Waals surface area (Å²) < 4.78 is 0. The van der Waals surface area contributed by atoms with Crippen molar-refractivity contribution in [3.05, 3.63) is 29.8 Å². The van der Waals surface area contributed by atoms with Crippen LogP contribution < -0.4 is 16.0 Å². The zero-order valence-electron chi connectivity index (χ0n) is 17.4. The lowest BCUT2D eigenvalue weighted by molar-refractivity contribution is 0.222. The molecule has 3 rings (SSSR count). The van der Waals surface area contributed by atoms with Gasteiger partial charge in [0.15, 0.2) is 5.96 Å². The molecule has 1 saturated carbocycles. The minimum Gasteiger partial charge on any atom is -0.357 e. The van der Waals surface area contributed by atoms with E-state index in [1.807, 2.05) is 34.9 Å². The summed E-state index contributed by atoms with van der Waals surface area (Å²) in [6, 6.07) is 8.48. The molecule has 162 valence electrons. The minimum absolute atomic E-state index is 0. The molecule has 8 heteroatoms. The number of rotatable bonds is 6. The van der Waals surface area contributed by atoms with Crippen molar-refractivity contribution in [3.8, 4) is 0 Å². The zero-order valence-corrected chi connectivity index (χ0v) is 20.6. The van der Waals surface area contributed by atoms with Gasteiger partial charge in [-0.2, -0.15) is 11.8 Å². The van der Waals surface area contributed by atoms with Crippen LogP contribution >= 0.6 is 35.7 Å².